The van der Waals surface area contributed by atoms with E-state index >= 15 is 0 Å². The lowest BCUT2D eigenvalue weighted by Gasteiger charge is -2.16. The second kappa shape index (κ2) is 6.43. The Kier molecular flexibility index (Phi) is 4.63. The summed E-state index contributed by atoms with van der Waals surface area (Å²) in [6, 6.07) is 7.44. The summed E-state index contributed by atoms with van der Waals surface area (Å²) in [4.78, 5) is 11.6. The number of carbonyl (C=O) groups excluding carboxylic acids is 1. The number of urea groups is 1. The fourth-order valence-electron chi connectivity index (χ4n) is 2.09. The number of nitrogens with one attached hydrogen (secondary N) is 2. The molecule has 0 radical (unpaired) electrons. The SMILES string of the molecule is CCC(CO)NC(=O)NCC1Cc2ccccc2O1. The minimum absolute atomic E-state index is 0.0163. The van der Waals surface area contributed by atoms with E-state index in [2.05, 4.69) is 10.6 Å². The predicted octanol–water partition coefficient (Wildman–Crippen LogP) is 1.06. The van der Waals surface area contributed by atoms with Gasteiger partial charge in [-0.05, 0) is 18.1 Å². The standard InChI is InChI=1S/C14H20N2O3/c1-2-11(9-17)16-14(18)15-8-12-7-10-5-3-4-6-13(10)19-12/h3-6,11-12,17H,2,7-9H2,1H3,(H2,15,16,18). The van der Waals surface area contributed by atoms with E-state index in [9.17, 15) is 4.79 Å². The van der Waals surface area contributed by atoms with E-state index in [1.807, 2.05) is 31.2 Å². The summed E-state index contributed by atoms with van der Waals surface area (Å²) in [7, 11) is 0. The Labute approximate surface area is 113 Å². The molecule has 0 fully saturated rings. The summed E-state index contributed by atoms with van der Waals surface area (Å²) in [5, 5.41) is 14.5. The summed E-state index contributed by atoms with van der Waals surface area (Å²) in [6.45, 7) is 2.33. The van der Waals surface area contributed by atoms with Gasteiger partial charge >= 0.3 is 6.03 Å². The first-order valence-corrected chi connectivity index (χ1v) is 6.62. The highest BCUT2D eigenvalue weighted by atomic mass is 16.5. The monoisotopic (exact) mass is 264 g/mol. The highest BCUT2D eigenvalue weighted by molar-refractivity contribution is 5.74. The zero-order chi connectivity index (χ0) is 13.7. The van der Waals surface area contributed by atoms with Gasteiger partial charge in [-0.15, -0.1) is 0 Å². The number of hydrogen-bond acceptors (Lipinski definition) is 3. The van der Waals surface area contributed by atoms with Crippen LogP contribution in [0, 0.1) is 0 Å². The number of benzene rings is 1. The largest absolute Gasteiger partial charge is 0.488 e. The number of ether oxygens (including phenoxy) is 1. The lowest BCUT2D eigenvalue weighted by Crippen LogP contribution is -2.46. The minimum Gasteiger partial charge on any atom is -0.488 e. The second-order valence-electron chi connectivity index (χ2n) is 4.69. The van der Waals surface area contributed by atoms with Crippen molar-refractivity contribution in [2.45, 2.75) is 31.9 Å². The number of carbonyl (C=O) groups is 1. The van der Waals surface area contributed by atoms with Crippen LogP contribution in [0.5, 0.6) is 5.75 Å². The number of aliphatic hydroxyl groups is 1. The third-order valence-electron chi connectivity index (χ3n) is 3.25. The zero-order valence-corrected chi connectivity index (χ0v) is 11.1. The maximum absolute atomic E-state index is 11.6. The Balaban J connectivity index is 1.74. The number of fused-ring (bicyclic) bond motifs is 1. The van der Waals surface area contributed by atoms with Crippen LogP contribution < -0.4 is 15.4 Å². The molecule has 1 aromatic rings. The Morgan fingerprint density at radius 2 is 2.32 bits per heavy atom. The van der Waals surface area contributed by atoms with Crippen LogP contribution in [0.25, 0.3) is 0 Å². The number of aliphatic hydroxyl groups excluding tert-OH is 1. The summed E-state index contributed by atoms with van der Waals surface area (Å²) >= 11 is 0. The summed E-state index contributed by atoms with van der Waals surface area (Å²) in [6.07, 6.45) is 1.50. The molecule has 1 aliphatic heterocycles. The Bertz CT molecular complexity index is 407. The molecule has 0 saturated carbocycles. The van der Waals surface area contributed by atoms with Gasteiger partial charge in [-0.3, -0.25) is 0 Å². The van der Waals surface area contributed by atoms with Crippen molar-refractivity contribution < 1.29 is 14.6 Å². The zero-order valence-electron chi connectivity index (χ0n) is 11.1. The van der Waals surface area contributed by atoms with Crippen molar-refractivity contribution >= 4 is 6.03 Å². The van der Waals surface area contributed by atoms with Gasteiger partial charge in [-0.25, -0.2) is 4.79 Å². The minimum atomic E-state index is -0.263. The maximum atomic E-state index is 11.6. The predicted molar refractivity (Wildman–Crippen MR) is 72.3 cm³/mol. The molecule has 1 heterocycles. The molecule has 2 unspecified atom stereocenters. The molecule has 0 aliphatic carbocycles. The van der Waals surface area contributed by atoms with Crippen molar-refractivity contribution in [3.8, 4) is 5.75 Å². The fourth-order valence-corrected chi connectivity index (χ4v) is 2.09. The first-order valence-electron chi connectivity index (χ1n) is 6.62. The van der Waals surface area contributed by atoms with E-state index in [0.29, 0.717) is 13.0 Å². The van der Waals surface area contributed by atoms with Crippen molar-refractivity contribution in [2.24, 2.45) is 0 Å². The third-order valence-corrected chi connectivity index (χ3v) is 3.25. The van der Waals surface area contributed by atoms with Crippen LogP contribution in [0.2, 0.25) is 0 Å². The van der Waals surface area contributed by atoms with Gasteiger partial charge in [0.05, 0.1) is 19.2 Å². The molecule has 1 aromatic carbocycles. The van der Waals surface area contributed by atoms with Crippen molar-refractivity contribution in [1.82, 2.24) is 10.6 Å². The fraction of sp³-hybridized carbons (Fsp3) is 0.500. The number of amides is 2. The first-order chi connectivity index (χ1) is 9.22. The molecule has 1 aliphatic rings. The average molecular weight is 264 g/mol. The highest BCUT2D eigenvalue weighted by Gasteiger charge is 2.22. The van der Waals surface area contributed by atoms with E-state index < -0.39 is 0 Å². The molecule has 2 amide bonds. The van der Waals surface area contributed by atoms with Crippen LogP contribution in [0.4, 0.5) is 4.79 Å². The lowest BCUT2D eigenvalue weighted by molar-refractivity contribution is 0.201. The molecule has 5 nitrogen and oxygen atoms in total. The normalized spacial score (nSPS) is 18.3. The van der Waals surface area contributed by atoms with E-state index in [0.717, 1.165) is 12.2 Å². The molecule has 5 heteroatoms. The maximum Gasteiger partial charge on any atom is 0.315 e. The van der Waals surface area contributed by atoms with Crippen LogP contribution in [-0.4, -0.2) is 36.4 Å². The van der Waals surface area contributed by atoms with E-state index in [1.54, 1.807) is 0 Å². The molecule has 0 saturated heterocycles. The van der Waals surface area contributed by atoms with Crippen molar-refractivity contribution in [1.29, 1.82) is 0 Å². The van der Waals surface area contributed by atoms with Gasteiger partial charge < -0.3 is 20.5 Å². The molecular weight excluding hydrogens is 244 g/mol. The van der Waals surface area contributed by atoms with Crippen molar-refractivity contribution in [2.75, 3.05) is 13.2 Å². The number of hydrogen-bond donors (Lipinski definition) is 3. The van der Waals surface area contributed by atoms with Gasteiger partial charge in [0.1, 0.15) is 11.9 Å². The first kappa shape index (κ1) is 13.7. The lowest BCUT2D eigenvalue weighted by atomic mass is 10.1. The summed E-state index contributed by atoms with van der Waals surface area (Å²) in [5.41, 5.74) is 1.18. The third kappa shape index (κ3) is 3.61. The Hall–Kier alpha value is -1.75. The smallest absolute Gasteiger partial charge is 0.315 e. The van der Waals surface area contributed by atoms with Crippen LogP contribution in [0.15, 0.2) is 24.3 Å². The summed E-state index contributed by atoms with van der Waals surface area (Å²) < 4.78 is 5.72. The second-order valence-corrected chi connectivity index (χ2v) is 4.69. The van der Waals surface area contributed by atoms with Gasteiger partial charge in [-0.2, -0.15) is 0 Å². The quantitative estimate of drug-likeness (QED) is 0.744. The summed E-state index contributed by atoms with van der Waals surface area (Å²) in [5.74, 6) is 0.900. The van der Waals surface area contributed by atoms with Crippen molar-refractivity contribution in [3.63, 3.8) is 0 Å². The number of rotatable bonds is 5. The van der Waals surface area contributed by atoms with Gasteiger partial charge in [0, 0.05) is 6.42 Å². The van der Waals surface area contributed by atoms with Crippen LogP contribution >= 0.6 is 0 Å². The molecule has 0 bridgehead atoms. The van der Waals surface area contributed by atoms with Gasteiger partial charge in [0.25, 0.3) is 0 Å². The number of para-hydroxylation sites is 1. The van der Waals surface area contributed by atoms with E-state index in [1.165, 1.54) is 5.56 Å². The molecule has 19 heavy (non-hydrogen) atoms. The van der Waals surface area contributed by atoms with Crippen molar-refractivity contribution in [3.05, 3.63) is 29.8 Å². The molecule has 0 aromatic heterocycles. The molecule has 104 valence electrons. The molecule has 0 spiro atoms. The van der Waals surface area contributed by atoms with Gasteiger partial charge in [-0.1, -0.05) is 25.1 Å². The molecule has 2 rings (SSSR count). The van der Waals surface area contributed by atoms with E-state index in [-0.39, 0.29) is 24.8 Å². The van der Waals surface area contributed by atoms with Gasteiger partial charge in [0.2, 0.25) is 0 Å². The Morgan fingerprint density at radius 3 is 3.00 bits per heavy atom. The molecular formula is C14H20N2O3. The average Bonchev–Trinajstić information content (AvgIpc) is 2.85. The van der Waals surface area contributed by atoms with Crippen LogP contribution in [0.3, 0.4) is 0 Å². The van der Waals surface area contributed by atoms with Crippen LogP contribution in [0.1, 0.15) is 18.9 Å². The molecule has 3 N–H and O–H groups in total. The van der Waals surface area contributed by atoms with Crippen LogP contribution in [-0.2, 0) is 6.42 Å². The highest BCUT2D eigenvalue weighted by Crippen LogP contribution is 2.27. The van der Waals surface area contributed by atoms with E-state index in [4.69, 9.17) is 9.84 Å². The topological polar surface area (TPSA) is 70.6 Å². The van der Waals surface area contributed by atoms with Gasteiger partial charge in [0.15, 0.2) is 0 Å². The molecule has 2 atom stereocenters. The Morgan fingerprint density at radius 1 is 1.53 bits per heavy atom.